The second-order valence-corrected chi connectivity index (χ2v) is 7.46. The first-order valence-corrected chi connectivity index (χ1v) is 10.0. The Balaban J connectivity index is 1.63. The van der Waals surface area contributed by atoms with E-state index >= 15 is 0 Å². The number of nitrogens with zero attached hydrogens (tertiary/aromatic N) is 1. The van der Waals surface area contributed by atoms with Crippen LogP contribution in [0.25, 0.3) is 0 Å². The number of benzene rings is 2. The smallest absolute Gasteiger partial charge is 0.325 e. The van der Waals surface area contributed by atoms with E-state index in [2.05, 4.69) is 22.3 Å². The monoisotopic (exact) mass is 409 g/mol. The fraction of sp³-hybridized carbons (Fsp3) is 0.348. The highest BCUT2D eigenvalue weighted by atomic mass is 16.5. The van der Waals surface area contributed by atoms with Gasteiger partial charge in [0.2, 0.25) is 0 Å². The molecule has 30 heavy (non-hydrogen) atoms. The van der Waals surface area contributed by atoms with Crippen molar-refractivity contribution in [3.63, 3.8) is 0 Å². The average molecular weight is 409 g/mol. The van der Waals surface area contributed by atoms with Gasteiger partial charge in [0.25, 0.3) is 5.91 Å². The highest BCUT2D eigenvalue weighted by Gasteiger charge is 2.34. The minimum absolute atomic E-state index is 0.147. The van der Waals surface area contributed by atoms with Crippen LogP contribution in [0.3, 0.4) is 0 Å². The summed E-state index contributed by atoms with van der Waals surface area (Å²) in [6.45, 7) is 2.44. The topological polar surface area (TPSA) is 87.7 Å². The van der Waals surface area contributed by atoms with Crippen molar-refractivity contribution in [1.29, 1.82) is 0 Å². The average Bonchev–Trinajstić information content (AvgIpc) is 3.61. The van der Waals surface area contributed by atoms with Gasteiger partial charge in [-0.3, -0.25) is 9.59 Å². The third-order valence-corrected chi connectivity index (χ3v) is 5.27. The van der Waals surface area contributed by atoms with Crippen molar-refractivity contribution in [2.24, 2.45) is 5.92 Å². The Kier molecular flexibility index (Phi) is 7.06. The van der Waals surface area contributed by atoms with Gasteiger partial charge < -0.3 is 20.3 Å². The number of methoxy groups -OCH3 is 1. The molecule has 0 aliphatic heterocycles. The van der Waals surface area contributed by atoms with Gasteiger partial charge in [0.05, 0.1) is 7.11 Å². The van der Waals surface area contributed by atoms with Crippen LogP contribution in [0.1, 0.15) is 35.7 Å². The normalized spacial score (nSPS) is 13.8. The zero-order valence-corrected chi connectivity index (χ0v) is 17.3. The largest absolute Gasteiger partial charge is 0.468 e. The number of esters is 1. The molecular weight excluding hydrogens is 382 g/mol. The Labute approximate surface area is 176 Å². The molecule has 3 rings (SSSR count). The predicted molar refractivity (Wildman–Crippen MR) is 114 cm³/mol. The van der Waals surface area contributed by atoms with Gasteiger partial charge in [-0.25, -0.2) is 4.79 Å². The van der Waals surface area contributed by atoms with E-state index in [0.717, 1.165) is 18.4 Å². The molecule has 1 aliphatic carbocycles. The Morgan fingerprint density at radius 3 is 2.33 bits per heavy atom. The molecule has 0 heterocycles. The van der Waals surface area contributed by atoms with Gasteiger partial charge in [0, 0.05) is 23.8 Å². The lowest BCUT2D eigenvalue weighted by molar-refractivity contribution is -0.139. The first-order chi connectivity index (χ1) is 14.5. The molecule has 158 valence electrons. The van der Waals surface area contributed by atoms with Crippen LogP contribution in [-0.4, -0.2) is 42.5 Å². The molecule has 2 aromatic rings. The molecule has 2 aromatic carbocycles. The van der Waals surface area contributed by atoms with Gasteiger partial charge >= 0.3 is 12.0 Å². The number of hydrogen-bond donors (Lipinski definition) is 2. The Morgan fingerprint density at radius 2 is 1.73 bits per heavy atom. The number of nitrogens with one attached hydrogen (secondary N) is 2. The summed E-state index contributed by atoms with van der Waals surface area (Å²) in [5.41, 5.74) is 2.08. The first-order valence-electron chi connectivity index (χ1n) is 10.0. The molecule has 0 bridgehead atoms. The van der Waals surface area contributed by atoms with Crippen molar-refractivity contribution in [2.45, 2.75) is 32.4 Å². The van der Waals surface area contributed by atoms with Gasteiger partial charge in [0.1, 0.15) is 6.54 Å². The molecule has 1 saturated carbocycles. The van der Waals surface area contributed by atoms with Crippen LogP contribution < -0.4 is 10.6 Å². The predicted octanol–water partition coefficient (Wildman–Crippen LogP) is 3.42. The van der Waals surface area contributed by atoms with Crippen molar-refractivity contribution in [3.8, 4) is 0 Å². The molecular formula is C23H27N3O4. The lowest BCUT2D eigenvalue weighted by Gasteiger charge is -2.29. The van der Waals surface area contributed by atoms with Crippen LogP contribution in [0, 0.1) is 5.92 Å². The van der Waals surface area contributed by atoms with E-state index in [9.17, 15) is 14.4 Å². The number of carbonyl (C=O) groups excluding carboxylic acids is 3. The van der Waals surface area contributed by atoms with E-state index in [1.165, 1.54) is 7.11 Å². The molecule has 0 aromatic heterocycles. The summed E-state index contributed by atoms with van der Waals surface area (Å²) in [7, 11) is 1.26. The summed E-state index contributed by atoms with van der Waals surface area (Å²) in [5, 5.41) is 5.41. The zero-order chi connectivity index (χ0) is 21.5. The lowest BCUT2D eigenvalue weighted by atomic mass is 10.1. The molecule has 7 heteroatoms. The fourth-order valence-corrected chi connectivity index (χ4v) is 3.24. The Morgan fingerprint density at radius 1 is 1.07 bits per heavy atom. The molecule has 0 spiro atoms. The number of urea groups is 1. The van der Waals surface area contributed by atoms with Crippen molar-refractivity contribution < 1.29 is 19.1 Å². The van der Waals surface area contributed by atoms with E-state index in [-0.39, 0.29) is 24.5 Å². The number of carbonyl (C=O) groups is 3. The van der Waals surface area contributed by atoms with Crippen LogP contribution in [0.15, 0.2) is 54.6 Å². The van der Waals surface area contributed by atoms with E-state index in [1.807, 2.05) is 35.2 Å². The van der Waals surface area contributed by atoms with Crippen molar-refractivity contribution in [3.05, 3.63) is 65.7 Å². The minimum Gasteiger partial charge on any atom is -0.468 e. The highest BCUT2D eigenvalue weighted by molar-refractivity contribution is 5.97. The standard InChI is InChI=1S/C23H27N3O4/c1-16(18-8-9-18)26(15-17-6-4-3-5-7-17)23(29)25-20-12-10-19(11-13-20)22(28)24-14-21(27)30-2/h3-7,10-13,16,18H,8-9,14-15H2,1-2H3,(H,24,28)(H,25,29). The summed E-state index contributed by atoms with van der Waals surface area (Å²) in [4.78, 5) is 38.1. The highest BCUT2D eigenvalue weighted by Crippen LogP contribution is 2.36. The third kappa shape index (κ3) is 5.83. The van der Waals surface area contributed by atoms with Gasteiger partial charge in [0.15, 0.2) is 0 Å². The Hall–Kier alpha value is -3.35. The number of anilines is 1. The fourth-order valence-electron chi connectivity index (χ4n) is 3.24. The van der Waals surface area contributed by atoms with Crippen LogP contribution >= 0.6 is 0 Å². The Bertz CT molecular complexity index is 879. The van der Waals surface area contributed by atoms with Crippen LogP contribution in [0.2, 0.25) is 0 Å². The molecule has 1 aliphatic rings. The molecule has 0 radical (unpaired) electrons. The quantitative estimate of drug-likeness (QED) is 0.654. The second kappa shape index (κ2) is 9.91. The number of amides is 3. The van der Waals surface area contributed by atoms with E-state index in [0.29, 0.717) is 23.7 Å². The lowest BCUT2D eigenvalue weighted by Crippen LogP contribution is -2.42. The summed E-state index contributed by atoms with van der Waals surface area (Å²) < 4.78 is 4.50. The number of ether oxygens (including phenoxy) is 1. The van der Waals surface area contributed by atoms with Crippen LogP contribution in [0.4, 0.5) is 10.5 Å². The summed E-state index contributed by atoms with van der Waals surface area (Å²) in [6, 6.07) is 16.5. The molecule has 1 unspecified atom stereocenters. The maximum absolute atomic E-state index is 13.0. The first kappa shape index (κ1) is 21.4. The summed E-state index contributed by atoms with van der Waals surface area (Å²) in [5.74, 6) is -0.359. The van der Waals surface area contributed by atoms with Crippen LogP contribution in [-0.2, 0) is 16.1 Å². The molecule has 2 N–H and O–H groups in total. The zero-order valence-electron chi connectivity index (χ0n) is 17.3. The van der Waals surface area contributed by atoms with E-state index in [4.69, 9.17) is 0 Å². The molecule has 7 nitrogen and oxygen atoms in total. The van der Waals surface area contributed by atoms with Gasteiger partial charge in [-0.2, -0.15) is 0 Å². The van der Waals surface area contributed by atoms with E-state index < -0.39 is 5.97 Å². The van der Waals surface area contributed by atoms with E-state index in [1.54, 1.807) is 24.3 Å². The maximum atomic E-state index is 13.0. The minimum atomic E-state index is -0.518. The third-order valence-electron chi connectivity index (χ3n) is 5.27. The summed E-state index contributed by atoms with van der Waals surface area (Å²) >= 11 is 0. The maximum Gasteiger partial charge on any atom is 0.325 e. The molecule has 3 amide bonds. The van der Waals surface area contributed by atoms with Gasteiger partial charge in [-0.15, -0.1) is 0 Å². The second-order valence-electron chi connectivity index (χ2n) is 7.46. The van der Waals surface area contributed by atoms with Crippen molar-refractivity contribution in [1.82, 2.24) is 10.2 Å². The number of hydrogen-bond acceptors (Lipinski definition) is 4. The van der Waals surface area contributed by atoms with Gasteiger partial charge in [-0.05, 0) is 55.5 Å². The van der Waals surface area contributed by atoms with Crippen molar-refractivity contribution >= 4 is 23.6 Å². The van der Waals surface area contributed by atoms with Crippen molar-refractivity contribution in [2.75, 3.05) is 19.0 Å². The summed E-state index contributed by atoms with van der Waals surface area (Å²) in [6.07, 6.45) is 2.30. The molecule has 0 saturated heterocycles. The van der Waals surface area contributed by atoms with Crippen LogP contribution in [0.5, 0.6) is 0 Å². The SMILES string of the molecule is COC(=O)CNC(=O)c1ccc(NC(=O)N(Cc2ccccc2)C(C)C2CC2)cc1. The number of rotatable bonds is 8. The molecule has 1 atom stereocenters. The molecule has 1 fully saturated rings. The van der Waals surface area contributed by atoms with Gasteiger partial charge in [-0.1, -0.05) is 30.3 Å².